The number of carboxylic acids is 1. The highest BCUT2D eigenvalue weighted by Gasteiger charge is 2.10. The predicted octanol–water partition coefficient (Wildman–Crippen LogP) is 2.27. The molecule has 0 aliphatic heterocycles. The van der Waals surface area contributed by atoms with Crippen molar-refractivity contribution in [3.8, 4) is 0 Å². The molecule has 0 spiro atoms. The van der Waals surface area contributed by atoms with Crippen molar-refractivity contribution in [1.29, 1.82) is 0 Å². The van der Waals surface area contributed by atoms with Crippen molar-refractivity contribution in [3.63, 3.8) is 0 Å². The van der Waals surface area contributed by atoms with Crippen LogP contribution < -0.4 is 5.32 Å². The summed E-state index contributed by atoms with van der Waals surface area (Å²) >= 11 is 0. The summed E-state index contributed by atoms with van der Waals surface area (Å²) in [5, 5.41) is 11.7. The van der Waals surface area contributed by atoms with Crippen LogP contribution in [0, 0.1) is 0 Å². The van der Waals surface area contributed by atoms with Gasteiger partial charge in [0, 0.05) is 11.8 Å². The molecule has 0 radical (unpaired) electrons. The van der Waals surface area contributed by atoms with Gasteiger partial charge in [-0.3, -0.25) is 9.78 Å². The Balaban J connectivity index is 2.07. The van der Waals surface area contributed by atoms with E-state index in [0.29, 0.717) is 11.3 Å². The highest BCUT2D eigenvalue weighted by molar-refractivity contribution is 5.95. The number of pyridine rings is 1. The smallest absolute Gasteiger partial charge is 0.335 e. The average molecular weight is 284 g/mol. The maximum Gasteiger partial charge on any atom is 0.335 e. The number of carbonyl (C=O) groups excluding carboxylic acids is 1. The minimum Gasteiger partial charge on any atom is -0.478 e. The van der Waals surface area contributed by atoms with Crippen molar-refractivity contribution in [2.75, 3.05) is 0 Å². The number of nitrogens with one attached hydrogen (secondary N) is 1. The van der Waals surface area contributed by atoms with E-state index in [1.54, 1.807) is 6.07 Å². The first kappa shape index (κ1) is 14.7. The van der Waals surface area contributed by atoms with Crippen LogP contribution in [-0.2, 0) is 13.0 Å². The second-order valence-electron chi connectivity index (χ2n) is 4.53. The second kappa shape index (κ2) is 6.65. The van der Waals surface area contributed by atoms with E-state index in [1.807, 2.05) is 25.1 Å². The fraction of sp³-hybridized carbons (Fsp3) is 0.188. The standard InChI is InChI=1S/C16H16N2O3/c1-2-11-5-3-4-6-14(11)15(19)18-10-13-9-12(16(20)21)7-8-17-13/h3-9H,2,10H2,1H3,(H,18,19)(H,20,21). The average Bonchev–Trinajstić information content (AvgIpc) is 2.52. The number of benzene rings is 1. The van der Waals surface area contributed by atoms with E-state index in [9.17, 15) is 9.59 Å². The Morgan fingerprint density at radius 1 is 1.24 bits per heavy atom. The Labute approximate surface area is 122 Å². The molecule has 1 aromatic heterocycles. The van der Waals surface area contributed by atoms with Crippen molar-refractivity contribution >= 4 is 11.9 Å². The van der Waals surface area contributed by atoms with Gasteiger partial charge in [0.1, 0.15) is 0 Å². The number of amides is 1. The Kier molecular flexibility index (Phi) is 4.66. The number of nitrogens with zero attached hydrogens (tertiary/aromatic N) is 1. The van der Waals surface area contributed by atoms with E-state index >= 15 is 0 Å². The lowest BCUT2D eigenvalue weighted by molar-refractivity contribution is 0.0696. The number of hydrogen-bond acceptors (Lipinski definition) is 3. The largest absolute Gasteiger partial charge is 0.478 e. The molecule has 2 N–H and O–H groups in total. The number of aromatic nitrogens is 1. The molecule has 108 valence electrons. The molecular weight excluding hydrogens is 268 g/mol. The van der Waals surface area contributed by atoms with Crippen LogP contribution in [0.1, 0.15) is 38.9 Å². The van der Waals surface area contributed by atoms with Crippen LogP contribution in [-0.4, -0.2) is 22.0 Å². The van der Waals surface area contributed by atoms with Crippen LogP contribution in [0.5, 0.6) is 0 Å². The monoisotopic (exact) mass is 284 g/mol. The first-order chi connectivity index (χ1) is 10.1. The summed E-state index contributed by atoms with van der Waals surface area (Å²) in [5.41, 5.74) is 2.28. The van der Waals surface area contributed by atoms with Crippen LogP contribution in [0.3, 0.4) is 0 Å². The summed E-state index contributed by atoms with van der Waals surface area (Å²) in [6, 6.07) is 10.3. The molecule has 5 heteroatoms. The second-order valence-corrected chi connectivity index (χ2v) is 4.53. The van der Waals surface area contributed by atoms with Crippen LogP contribution in [0.4, 0.5) is 0 Å². The molecular formula is C16H16N2O3. The fourth-order valence-corrected chi connectivity index (χ4v) is 2.02. The lowest BCUT2D eigenvalue weighted by Crippen LogP contribution is -2.24. The van der Waals surface area contributed by atoms with E-state index in [0.717, 1.165) is 12.0 Å². The SMILES string of the molecule is CCc1ccccc1C(=O)NCc1cc(C(=O)O)ccn1. The molecule has 0 bridgehead atoms. The van der Waals surface area contributed by atoms with Crippen LogP contribution in [0.25, 0.3) is 0 Å². The van der Waals surface area contributed by atoms with Crippen molar-refractivity contribution < 1.29 is 14.7 Å². The molecule has 0 unspecified atom stereocenters. The van der Waals surface area contributed by atoms with Crippen molar-refractivity contribution in [3.05, 3.63) is 65.0 Å². The zero-order chi connectivity index (χ0) is 15.2. The number of carboxylic acid groups (broad SMARTS) is 1. The van der Waals surface area contributed by atoms with E-state index < -0.39 is 5.97 Å². The summed E-state index contributed by atoms with van der Waals surface area (Å²) in [6.45, 7) is 2.18. The van der Waals surface area contributed by atoms with Crippen molar-refractivity contribution in [2.45, 2.75) is 19.9 Å². The van der Waals surface area contributed by atoms with E-state index in [2.05, 4.69) is 10.3 Å². The van der Waals surface area contributed by atoms with Gasteiger partial charge in [0.2, 0.25) is 0 Å². The highest BCUT2D eigenvalue weighted by Crippen LogP contribution is 2.09. The van der Waals surface area contributed by atoms with Gasteiger partial charge in [0.15, 0.2) is 0 Å². The minimum absolute atomic E-state index is 0.156. The van der Waals surface area contributed by atoms with Gasteiger partial charge in [0.05, 0.1) is 17.8 Å². The molecule has 1 amide bonds. The van der Waals surface area contributed by atoms with Gasteiger partial charge in [-0.15, -0.1) is 0 Å². The molecule has 0 atom stereocenters. The molecule has 0 fully saturated rings. The van der Waals surface area contributed by atoms with Gasteiger partial charge < -0.3 is 10.4 Å². The van der Waals surface area contributed by atoms with Gasteiger partial charge in [-0.1, -0.05) is 25.1 Å². The molecule has 21 heavy (non-hydrogen) atoms. The van der Waals surface area contributed by atoms with Crippen molar-refractivity contribution in [1.82, 2.24) is 10.3 Å². The lowest BCUT2D eigenvalue weighted by Gasteiger charge is -2.08. The highest BCUT2D eigenvalue weighted by atomic mass is 16.4. The quantitative estimate of drug-likeness (QED) is 0.882. The first-order valence-corrected chi connectivity index (χ1v) is 6.66. The summed E-state index contributed by atoms with van der Waals surface area (Å²) in [6.07, 6.45) is 2.20. The maximum absolute atomic E-state index is 12.2. The van der Waals surface area contributed by atoms with Crippen LogP contribution >= 0.6 is 0 Å². The normalized spacial score (nSPS) is 10.1. The zero-order valence-electron chi connectivity index (χ0n) is 11.7. The van der Waals surface area contributed by atoms with E-state index in [4.69, 9.17) is 5.11 Å². The van der Waals surface area contributed by atoms with Crippen molar-refractivity contribution in [2.24, 2.45) is 0 Å². The number of carbonyl (C=O) groups is 2. The summed E-state index contributed by atoms with van der Waals surface area (Å²) in [4.78, 5) is 27.1. The predicted molar refractivity (Wildman–Crippen MR) is 78.2 cm³/mol. The molecule has 2 rings (SSSR count). The van der Waals surface area contributed by atoms with E-state index in [-0.39, 0.29) is 18.0 Å². The third-order valence-electron chi connectivity index (χ3n) is 3.14. The first-order valence-electron chi connectivity index (χ1n) is 6.66. The topological polar surface area (TPSA) is 79.3 Å². The van der Waals surface area contributed by atoms with Crippen LogP contribution in [0.2, 0.25) is 0 Å². The van der Waals surface area contributed by atoms with Crippen LogP contribution in [0.15, 0.2) is 42.6 Å². The number of hydrogen-bond donors (Lipinski definition) is 2. The molecule has 0 aliphatic rings. The van der Waals surface area contributed by atoms with Gasteiger partial charge in [-0.2, -0.15) is 0 Å². The third kappa shape index (κ3) is 3.66. The molecule has 2 aromatic rings. The summed E-state index contributed by atoms with van der Waals surface area (Å²) < 4.78 is 0. The maximum atomic E-state index is 12.2. The Morgan fingerprint density at radius 2 is 2.00 bits per heavy atom. The van der Waals surface area contributed by atoms with Gasteiger partial charge >= 0.3 is 5.97 Å². The molecule has 5 nitrogen and oxygen atoms in total. The number of rotatable bonds is 5. The number of aryl methyl sites for hydroxylation is 1. The fourth-order valence-electron chi connectivity index (χ4n) is 2.02. The van der Waals surface area contributed by atoms with Gasteiger partial charge in [-0.25, -0.2) is 4.79 Å². The Morgan fingerprint density at radius 3 is 2.71 bits per heavy atom. The molecule has 1 heterocycles. The molecule has 0 saturated heterocycles. The third-order valence-corrected chi connectivity index (χ3v) is 3.14. The number of aromatic carboxylic acids is 1. The minimum atomic E-state index is -1.01. The van der Waals surface area contributed by atoms with Gasteiger partial charge in [-0.05, 0) is 30.2 Å². The summed E-state index contributed by atoms with van der Waals surface area (Å²) in [5.74, 6) is -1.20. The summed E-state index contributed by atoms with van der Waals surface area (Å²) in [7, 11) is 0. The Hall–Kier alpha value is -2.69. The van der Waals surface area contributed by atoms with E-state index in [1.165, 1.54) is 18.3 Å². The molecule has 1 aromatic carbocycles. The lowest BCUT2D eigenvalue weighted by atomic mass is 10.0. The Bertz CT molecular complexity index is 668. The van der Waals surface area contributed by atoms with Gasteiger partial charge in [0.25, 0.3) is 5.91 Å². The molecule has 0 aliphatic carbocycles. The molecule has 0 saturated carbocycles. The zero-order valence-corrected chi connectivity index (χ0v) is 11.7.